The smallest absolute Gasteiger partial charge is 0.292 e. The summed E-state index contributed by atoms with van der Waals surface area (Å²) in [6, 6.07) is 8.55. The first-order valence-corrected chi connectivity index (χ1v) is 12.5. The molecule has 1 saturated carbocycles. The molecule has 1 fully saturated rings. The molecule has 1 aliphatic rings. The van der Waals surface area contributed by atoms with E-state index in [-0.39, 0.29) is 17.6 Å². The van der Waals surface area contributed by atoms with E-state index in [1.807, 2.05) is 33.3 Å². The minimum Gasteiger partial charge on any atom is -0.490 e. The number of ether oxygens (including phenoxy) is 1. The fraction of sp³-hybridized carbons (Fsp3) is 0.423. The molecule has 10 heteroatoms. The molecule has 0 spiro atoms. The summed E-state index contributed by atoms with van der Waals surface area (Å²) < 4.78 is 12.2. The van der Waals surface area contributed by atoms with Crippen LogP contribution in [0.15, 0.2) is 40.9 Å². The van der Waals surface area contributed by atoms with Crippen molar-refractivity contribution in [1.82, 2.24) is 15.3 Å². The number of halogens is 1. The van der Waals surface area contributed by atoms with Gasteiger partial charge in [0.1, 0.15) is 23.9 Å². The zero-order chi connectivity index (χ0) is 25.7. The first-order valence-electron chi connectivity index (χ1n) is 12.2. The molecule has 2 N–H and O–H groups in total. The number of likely N-dealkylation sites (N-methyl/N-ethyl adjacent to an activating group) is 1. The second-order valence-corrected chi connectivity index (χ2v) is 9.48. The number of benzene rings is 1. The molecule has 1 aromatic carbocycles. The van der Waals surface area contributed by atoms with Crippen LogP contribution in [0.3, 0.4) is 0 Å². The van der Waals surface area contributed by atoms with Crippen LogP contribution < -0.4 is 20.4 Å². The van der Waals surface area contributed by atoms with Crippen molar-refractivity contribution in [3.8, 4) is 5.75 Å². The van der Waals surface area contributed by atoms with Gasteiger partial charge < -0.3 is 19.8 Å². The normalized spacial score (nSPS) is 14.2. The van der Waals surface area contributed by atoms with Crippen LogP contribution in [0.1, 0.15) is 42.7 Å². The van der Waals surface area contributed by atoms with E-state index in [0.717, 1.165) is 32.1 Å². The van der Waals surface area contributed by atoms with E-state index in [2.05, 4.69) is 15.6 Å². The fourth-order valence-corrected chi connectivity index (χ4v) is 4.53. The third-order valence-corrected chi connectivity index (χ3v) is 6.42. The van der Waals surface area contributed by atoms with Gasteiger partial charge in [0.15, 0.2) is 11.3 Å². The minimum absolute atomic E-state index is 0.00145. The number of hydrazine groups is 1. The largest absolute Gasteiger partial charge is 0.490 e. The SMILES string of the molecule is CNCCOc1ccc2cc(C(=O)Nc3ccc(Cl)cn3)oc2c1N(C(=O)C1CCCCC1)N(C)C. The Morgan fingerprint density at radius 1 is 1.17 bits per heavy atom. The molecule has 9 nitrogen and oxygen atoms in total. The number of nitrogens with zero attached hydrogens (tertiary/aromatic N) is 3. The molecule has 1 aliphatic carbocycles. The lowest BCUT2D eigenvalue weighted by Gasteiger charge is -2.34. The molecule has 0 radical (unpaired) electrons. The van der Waals surface area contributed by atoms with Crippen LogP contribution in [-0.2, 0) is 4.79 Å². The molecule has 0 saturated heterocycles. The third kappa shape index (κ3) is 5.80. The predicted octanol–water partition coefficient (Wildman–Crippen LogP) is 4.72. The van der Waals surface area contributed by atoms with Gasteiger partial charge in [0, 0.05) is 38.1 Å². The number of carbonyl (C=O) groups is 2. The molecule has 0 aliphatic heterocycles. The number of hydrogen-bond donors (Lipinski definition) is 2. The summed E-state index contributed by atoms with van der Waals surface area (Å²) in [7, 11) is 5.48. The van der Waals surface area contributed by atoms with E-state index in [0.29, 0.717) is 46.4 Å². The number of anilines is 2. The van der Waals surface area contributed by atoms with Gasteiger partial charge in [0.25, 0.3) is 5.91 Å². The molecule has 2 amide bonds. The molecule has 4 rings (SSSR count). The van der Waals surface area contributed by atoms with E-state index in [9.17, 15) is 9.59 Å². The standard InChI is InChI=1S/C26H32ClN5O4/c1-28-13-14-35-20-11-9-18-15-21(25(33)30-22-12-10-19(27)16-29-22)36-24(18)23(20)32(31(2)3)26(34)17-7-5-4-6-8-17/h9-12,15-17,28H,4-8,13-14H2,1-3H3,(H,29,30,33). The highest BCUT2D eigenvalue weighted by molar-refractivity contribution is 6.30. The fourth-order valence-electron chi connectivity index (χ4n) is 4.42. The number of hydrogen-bond acceptors (Lipinski definition) is 7. The average molecular weight is 514 g/mol. The summed E-state index contributed by atoms with van der Waals surface area (Å²) in [5.41, 5.74) is 0.900. The molecule has 3 aromatic rings. The summed E-state index contributed by atoms with van der Waals surface area (Å²) in [4.78, 5) is 30.8. The monoisotopic (exact) mass is 513 g/mol. The number of amides is 2. The lowest BCUT2D eigenvalue weighted by molar-refractivity contribution is -0.125. The summed E-state index contributed by atoms with van der Waals surface area (Å²) in [6.07, 6.45) is 6.39. The van der Waals surface area contributed by atoms with Crippen LogP contribution in [0.25, 0.3) is 11.0 Å². The molecule has 0 atom stereocenters. The quantitative estimate of drug-likeness (QED) is 0.315. The number of furan rings is 1. The van der Waals surface area contributed by atoms with Crippen molar-refractivity contribution in [2.75, 3.05) is 44.6 Å². The maximum Gasteiger partial charge on any atom is 0.292 e. The first-order chi connectivity index (χ1) is 17.4. The maximum absolute atomic E-state index is 13.8. The lowest BCUT2D eigenvalue weighted by atomic mass is 9.88. The number of carbonyl (C=O) groups excluding carboxylic acids is 2. The summed E-state index contributed by atoms with van der Waals surface area (Å²) in [5, 5.41) is 10.3. The third-order valence-electron chi connectivity index (χ3n) is 6.20. The predicted molar refractivity (Wildman–Crippen MR) is 141 cm³/mol. The van der Waals surface area contributed by atoms with Crippen molar-refractivity contribution in [1.29, 1.82) is 0 Å². The van der Waals surface area contributed by atoms with Gasteiger partial charge in [0.2, 0.25) is 5.91 Å². The minimum atomic E-state index is -0.459. The zero-order valence-electron chi connectivity index (χ0n) is 20.8. The van der Waals surface area contributed by atoms with Gasteiger partial charge in [-0.1, -0.05) is 30.9 Å². The van der Waals surface area contributed by atoms with Crippen molar-refractivity contribution in [2.24, 2.45) is 5.92 Å². The highest BCUT2D eigenvalue weighted by atomic mass is 35.5. The second kappa shape index (κ2) is 11.7. The van der Waals surface area contributed by atoms with E-state index in [1.54, 1.807) is 28.2 Å². The van der Waals surface area contributed by atoms with Crippen LogP contribution in [0.5, 0.6) is 5.75 Å². The lowest BCUT2D eigenvalue weighted by Crippen LogP contribution is -2.46. The molecule has 36 heavy (non-hydrogen) atoms. The Morgan fingerprint density at radius 2 is 1.94 bits per heavy atom. The molecule has 192 valence electrons. The number of aromatic nitrogens is 1. The molecule has 2 heterocycles. The van der Waals surface area contributed by atoms with E-state index >= 15 is 0 Å². The van der Waals surface area contributed by atoms with Crippen molar-refractivity contribution in [2.45, 2.75) is 32.1 Å². The van der Waals surface area contributed by atoms with E-state index < -0.39 is 5.91 Å². The maximum atomic E-state index is 13.8. The van der Waals surface area contributed by atoms with Crippen molar-refractivity contribution >= 4 is 45.9 Å². The number of rotatable bonds is 9. The Morgan fingerprint density at radius 3 is 2.61 bits per heavy atom. The average Bonchev–Trinajstić information content (AvgIpc) is 3.32. The summed E-state index contributed by atoms with van der Waals surface area (Å²) in [6.45, 7) is 1.04. The highest BCUT2D eigenvalue weighted by Gasteiger charge is 2.33. The highest BCUT2D eigenvalue weighted by Crippen LogP contribution is 2.40. The Hall–Kier alpha value is -3.14. The van der Waals surface area contributed by atoms with E-state index in [4.69, 9.17) is 20.8 Å². The Balaban J connectivity index is 1.74. The van der Waals surface area contributed by atoms with Crippen LogP contribution in [-0.4, -0.2) is 56.1 Å². The Kier molecular flexibility index (Phi) is 8.45. The number of nitrogens with one attached hydrogen (secondary N) is 2. The topological polar surface area (TPSA) is 99.9 Å². The van der Waals surface area contributed by atoms with Gasteiger partial charge in [-0.3, -0.25) is 9.59 Å². The zero-order valence-corrected chi connectivity index (χ0v) is 21.6. The van der Waals surface area contributed by atoms with Gasteiger partial charge in [-0.2, -0.15) is 0 Å². The molecule has 2 aromatic heterocycles. The van der Waals surface area contributed by atoms with Gasteiger partial charge >= 0.3 is 0 Å². The van der Waals surface area contributed by atoms with Crippen LogP contribution >= 0.6 is 11.6 Å². The molecule has 0 unspecified atom stereocenters. The Bertz CT molecular complexity index is 1210. The Labute approximate surface area is 215 Å². The van der Waals surface area contributed by atoms with Gasteiger partial charge in [-0.15, -0.1) is 0 Å². The van der Waals surface area contributed by atoms with Crippen molar-refractivity contribution in [3.63, 3.8) is 0 Å². The number of fused-ring (bicyclic) bond motifs is 1. The van der Waals surface area contributed by atoms with Crippen LogP contribution in [0.4, 0.5) is 11.5 Å². The summed E-state index contributed by atoms with van der Waals surface area (Å²) in [5.74, 6) is 0.424. The van der Waals surface area contributed by atoms with E-state index in [1.165, 1.54) is 6.20 Å². The molecular weight excluding hydrogens is 482 g/mol. The van der Waals surface area contributed by atoms with Gasteiger partial charge in [0.05, 0.1) is 5.02 Å². The second-order valence-electron chi connectivity index (χ2n) is 9.04. The number of pyridine rings is 1. The molecule has 0 bridgehead atoms. The van der Waals surface area contributed by atoms with Crippen LogP contribution in [0, 0.1) is 5.92 Å². The van der Waals surface area contributed by atoms with Crippen molar-refractivity contribution in [3.05, 3.63) is 47.3 Å². The van der Waals surface area contributed by atoms with Crippen molar-refractivity contribution < 1.29 is 18.7 Å². The van der Waals surface area contributed by atoms with Gasteiger partial charge in [-0.05, 0) is 50.2 Å². The van der Waals surface area contributed by atoms with Crippen LogP contribution in [0.2, 0.25) is 5.02 Å². The molecular formula is C26H32ClN5O4. The van der Waals surface area contributed by atoms with Gasteiger partial charge in [-0.25, -0.2) is 15.0 Å². The summed E-state index contributed by atoms with van der Waals surface area (Å²) >= 11 is 5.89. The first kappa shape index (κ1) is 25.9.